The summed E-state index contributed by atoms with van der Waals surface area (Å²) in [7, 11) is 1.71. The molecule has 0 bridgehead atoms. The third-order valence-electron chi connectivity index (χ3n) is 4.29. The average Bonchev–Trinajstić information content (AvgIpc) is 3.11. The molecular weight excluding hydrogens is 328 g/mol. The van der Waals surface area contributed by atoms with Crippen LogP contribution in [0.5, 0.6) is 0 Å². The third kappa shape index (κ3) is 10.4. The van der Waals surface area contributed by atoms with Crippen molar-refractivity contribution in [2.45, 2.75) is 71.8 Å². The lowest BCUT2D eigenvalue weighted by Gasteiger charge is -2.13. The Morgan fingerprint density at radius 1 is 1.08 bits per heavy atom. The van der Waals surface area contributed by atoms with Crippen LogP contribution in [0.4, 0.5) is 0 Å². The quantitative estimate of drug-likeness (QED) is 0.284. The van der Waals surface area contributed by atoms with Crippen LogP contribution in [0.15, 0.2) is 11.3 Å². The van der Waals surface area contributed by atoms with Crippen LogP contribution in [0.1, 0.15) is 64.6 Å². The standard InChI is InChI=1S/C19H38N6O/c1-4-6-7-8-9-10-11-12-20-19(22-14-16-26-3)21-13-15-25-17-23-24-18(25)5-2/h17H,4-16H2,1-3H3,(H2,20,21,22). The fourth-order valence-electron chi connectivity index (χ4n) is 2.74. The van der Waals surface area contributed by atoms with Crippen LogP contribution >= 0.6 is 0 Å². The molecule has 0 saturated carbocycles. The summed E-state index contributed by atoms with van der Waals surface area (Å²) >= 11 is 0. The maximum Gasteiger partial charge on any atom is 0.191 e. The number of nitrogens with one attached hydrogen (secondary N) is 2. The Kier molecular flexibility index (Phi) is 13.5. The molecule has 1 heterocycles. The van der Waals surface area contributed by atoms with Gasteiger partial charge in [0.2, 0.25) is 0 Å². The van der Waals surface area contributed by atoms with Crippen LogP contribution in [0.2, 0.25) is 0 Å². The van der Waals surface area contributed by atoms with Crippen molar-refractivity contribution < 1.29 is 4.74 Å². The highest BCUT2D eigenvalue weighted by Crippen LogP contribution is 2.06. The number of aryl methyl sites for hydroxylation is 1. The van der Waals surface area contributed by atoms with E-state index in [9.17, 15) is 0 Å². The fourth-order valence-corrected chi connectivity index (χ4v) is 2.74. The SMILES string of the molecule is CCCCCCCCCN=C(NCCOC)NCCn1cnnc1CC. The first-order chi connectivity index (χ1) is 12.8. The van der Waals surface area contributed by atoms with E-state index >= 15 is 0 Å². The smallest absolute Gasteiger partial charge is 0.191 e. The fraction of sp³-hybridized carbons (Fsp3) is 0.842. The zero-order valence-electron chi connectivity index (χ0n) is 17.0. The van der Waals surface area contributed by atoms with Crippen LogP contribution in [0.3, 0.4) is 0 Å². The van der Waals surface area contributed by atoms with Crippen molar-refractivity contribution in [2.24, 2.45) is 4.99 Å². The van der Waals surface area contributed by atoms with Gasteiger partial charge in [-0.3, -0.25) is 4.99 Å². The summed E-state index contributed by atoms with van der Waals surface area (Å²) in [5.74, 6) is 1.87. The molecule has 0 atom stereocenters. The van der Waals surface area contributed by atoms with E-state index in [0.29, 0.717) is 6.61 Å². The van der Waals surface area contributed by atoms with Crippen molar-refractivity contribution in [1.82, 2.24) is 25.4 Å². The van der Waals surface area contributed by atoms with E-state index in [4.69, 9.17) is 4.74 Å². The van der Waals surface area contributed by atoms with Crippen LogP contribution in [-0.4, -0.2) is 54.1 Å². The Hall–Kier alpha value is -1.63. The van der Waals surface area contributed by atoms with Gasteiger partial charge in [0.1, 0.15) is 12.2 Å². The molecule has 0 spiro atoms. The maximum atomic E-state index is 5.11. The van der Waals surface area contributed by atoms with E-state index in [1.54, 1.807) is 13.4 Å². The summed E-state index contributed by atoms with van der Waals surface area (Å²) < 4.78 is 7.19. The van der Waals surface area contributed by atoms with E-state index in [0.717, 1.165) is 50.8 Å². The van der Waals surface area contributed by atoms with Crippen molar-refractivity contribution in [3.63, 3.8) is 0 Å². The van der Waals surface area contributed by atoms with Gasteiger partial charge in [-0.15, -0.1) is 10.2 Å². The molecule has 1 aromatic rings. The Balaban J connectivity index is 2.28. The van der Waals surface area contributed by atoms with Gasteiger partial charge >= 0.3 is 0 Å². The molecule has 1 aromatic heterocycles. The molecule has 0 radical (unpaired) electrons. The molecule has 0 unspecified atom stereocenters. The summed E-state index contributed by atoms with van der Waals surface area (Å²) in [6.45, 7) is 8.26. The second-order valence-corrected chi connectivity index (χ2v) is 6.49. The number of rotatable bonds is 15. The minimum Gasteiger partial charge on any atom is -0.383 e. The summed E-state index contributed by atoms with van der Waals surface area (Å²) in [6.07, 6.45) is 11.8. The Labute approximate surface area is 159 Å². The maximum absolute atomic E-state index is 5.11. The minimum atomic E-state index is 0.670. The second-order valence-electron chi connectivity index (χ2n) is 6.49. The van der Waals surface area contributed by atoms with Crippen LogP contribution in [0, 0.1) is 0 Å². The number of aromatic nitrogens is 3. The lowest BCUT2D eigenvalue weighted by atomic mass is 10.1. The van der Waals surface area contributed by atoms with E-state index in [-0.39, 0.29) is 0 Å². The molecule has 0 aromatic carbocycles. The Bertz CT molecular complexity index is 474. The highest BCUT2D eigenvalue weighted by molar-refractivity contribution is 5.79. The molecule has 0 aliphatic rings. The van der Waals surface area contributed by atoms with E-state index < -0.39 is 0 Å². The number of unbranched alkanes of at least 4 members (excludes halogenated alkanes) is 6. The average molecular weight is 367 g/mol. The van der Waals surface area contributed by atoms with E-state index in [1.807, 2.05) is 0 Å². The topological polar surface area (TPSA) is 76.4 Å². The summed E-state index contributed by atoms with van der Waals surface area (Å²) in [5.41, 5.74) is 0. The molecule has 7 nitrogen and oxygen atoms in total. The monoisotopic (exact) mass is 366 g/mol. The summed E-state index contributed by atoms with van der Waals surface area (Å²) in [4.78, 5) is 4.69. The molecule has 0 saturated heterocycles. The highest BCUT2D eigenvalue weighted by Gasteiger charge is 2.02. The molecule has 150 valence electrons. The van der Waals surface area contributed by atoms with E-state index in [2.05, 4.69) is 44.2 Å². The van der Waals surface area contributed by atoms with Crippen LogP contribution in [0.25, 0.3) is 0 Å². The molecule has 1 rings (SSSR count). The lowest BCUT2D eigenvalue weighted by Crippen LogP contribution is -2.40. The molecule has 0 aliphatic heterocycles. The van der Waals surface area contributed by atoms with Crippen molar-refractivity contribution in [3.05, 3.63) is 12.2 Å². The number of nitrogens with zero attached hydrogens (tertiary/aromatic N) is 4. The van der Waals surface area contributed by atoms with Gasteiger partial charge < -0.3 is 19.9 Å². The first-order valence-corrected chi connectivity index (χ1v) is 10.2. The number of guanidine groups is 1. The van der Waals surface area contributed by atoms with Crippen LogP contribution < -0.4 is 10.6 Å². The molecule has 0 fully saturated rings. The summed E-state index contributed by atoms with van der Waals surface area (Å²) in [6, 6.07) is 0. The van der Waals surface area contributed by atoms with Gasteiger partial charge in [0.25, 0.3) is 0 Å². The molecule has 7 heteroatoms. The van der Waals surface area contributed by atoms with Crippen molar-refractivity contribution in [1.29, 1.82) is 0 Å². The third-order valence-corrected chi connectivity index (χ3v) is 4.29. The summed E-state index contributed by atoms with van der Waals surface area (Å²) in [5, 5.41) is 14.8. The van der Waals surface area contributed by atoms with Gasteiger partial charge in [-0.1, -0.05) is 52.4 Å². The number of aliphatic imine (C=N–C) groups is 1. The largest absolute Gasteiger partial charge is 0.383 e. The number of ether oxygens (including phenoxy) is 1. The number of methoxy groups -OCH3 is 1. The molecule has 2 N–H and O–H groups in total. The predicted octanol–water partition coefficient (Wildman–Crippen LogP) is 2.77. The normalized spacial score (nSPS) is 11.7. The zero-order valence-corrected chi connectivity index (χ0v) is 17.0. The van der Waals surface area contributed by atoms with Gasteiger partial charge in [0.05, 0.1) is 6.61 Å². The van der Waals surface area contributed by atoms with Gasteiger partial charge in [-0.2, -0.15) is 0 Å². The molecule has 0 amide bonds. The molecular formula is C19H38N6O. The molecule has 26 heavy (non-hydrogen) atoms. The number of hydrogen-bond acceptors (Lipinski definition) is 4. The van der Waals surface area contributed by atoms with Crippen molar-refractivity contribution in [2.75, 3.05) is 33.4 Å². The van der Waals surface area contributed by atoms with Gasteiger partial charge in [-0.05, 0) is 6.42 Å². The minimum absolute atomic E-state index is 0.670. The van der Waals surface area contributed by atoms with E-state index in [1.165, 1.54) is 38.5 Å². The first kappa shape index (κ1) is 22.4. The second kappa shape index (κ2) is 15.6. The van der Waals surface area contributed by atoms with Crippen LogP contribution in [-0.2, 0) is 17.7 Å². The Morgan fingerprint density at radius 2 is 1.81 bits per heavy atom. The first-order valence-electron chi connectivity index (χ1n) is 10.2. The van der Waals surface area contributed by atoms with Gasteiger partial charge in [0.15, 0.2) is 5.96 Å². The molecule has 0 aliphatic carbocycles. The van der Waals surface area contributed by atoms with Gasteiger partial charge in [-0.25, -0.2) is 0 Å². The van der Waals surface area contributed by atoms with Crippen molar-refractivity contribution in [3.8, 4) is 0 Å². The Morgan fingerprint density at radius 3 is 2.54 bits per heavy atom. The zero-order chi connectivity index (χ0) is 18.9. The lowest BCUT2D eigenvalue weighted by molar-refractivity contribution is 0.203. The van der Waals surface area contributed by atoms with Gasteiger partial charge in [0, 0.05) is 39.7 Å². The predicted molar refractivity (Wildman–Crippen MR) is 108 cm³/mol. The van der Waals surface area contributed by atoms with Crippen molar-refractivity contribution >= 4 is 5.96 Å². The number of hydrogen-bond donors (Lipinski definition) is 2. The highest BCUT2D eigenvalue weighted by atomic mass is 16.5.